The highest BCUT2D eigenvalue weighted by Crippen LogP contribution is 2.12. The first-order chi connectivity index (χ1) is 8.26. The Morgan fingerprint density at radius 1 is 0.882 bits per heavy atom. The zero-order valence-corrected chi connectivity index (χ0v) is 13.5. The number of hydrogen-bond acceptors (Lipinski definition) is 1. The molecule has 104 valence electrons. The molecule has 0 aromatic rings. The van der Waals surface area contributed by atoms with Gasteiger partial charge >= 0.3 is 0 Å². The second kappa shape index (κ2) is 12.8. The number of hydrogen-bond donors (Lipinski definition) is 0. The van der Waals surface area contributed by atoms with Crippen molar-refractivity contribution in [2.75, 3.05) is 19.3 Å². The van der Waals surface area contributed by atoms with Gasteiger partial charge in [-0.2, -0.15) is 0 Å². The third-order valence-corrected chi connectivity index (χ3v) is 3.88. The van der Waals surface area contributed by atoms with E-state index in [1.165, 1.54) is 70.6 Å². The SMILES string of the molecule is CCCN(CCC)C(C)CCCCCCCP. The lowest BCUT2D eigenvalue weighted by Crippen LogP contribution is -2.34. The van der Waals surface area contributed by atoms with Crippen LogP contribution in [0.2, 0.25) is 0 Å². The Morgan fingerprint density at radius 2 is 1.41 bits per heavy atom. The molecule has 0 aliphatic carbocycles. The van der Waals surface area contributed by atoms with Crippen LogP contribution in [0.3, 0.4) is 0 Å². The summed E-state index contributed by atoms with van der Waals surface area (Å²) >= 11 is 0. The molecule has 2 heteroatoms. The highest BCUT2D eigenvalue weighted by molar-refractivity contribution is 7.16. The monoisotopic (exact) mass is 259 g/mol. The van der Waals surface area contributed by atoms with Crippen LogP contribution in [-0.4, -0.2) is 30.2 Å². The first kappa shape index (κ1) is 17.4. The maximum Gasteiger partial charge on any atom is 0.00669 e. The predicted molar refractivity (Wildman–Crippen MR) is 83.9 cm³/mol. The summed E-state index contributed by atoms with van der Waals surface area (Å²) in [5.74, 6) is 0. The van der Waals surface area contributed by atoms with Gasteiger partial charge in [0.1, 0.15) is 0 Å². The van der Waals surface area contributed by atoms with Crippen molar-refractivity contribution in [2.24, 2.45) is 0 Å². The van der Waals surface area contributed by atoms with Crippen LogP contribution in [0.1, 0.15) is 72.1 Å². The van der Waals surface area contributed by atoms with Crippen molar-refractivity contribution >= 4 is 9.24 Å². The van der Waals surface area contributed by atoms with E-state index in [0.717, 1.165) is 6.04 Å². The van der Waals surface area contributed by atoms with Crippen molar-refractivity contribution < 1.29 is 0 Å². The van der Waals surface area contributed by atoms with Crippen LogP contribution < -0.4 is 0 Å². The van der Waals surface area contributed by atoms with Crippen molar-refractivity contribution in [2.45, 2.75) is 78.2 Å². The molecule has 0 N–H and O–H groups in total. The molecule has 2 unspecified atom stereocenters. The van der Waals surface area contributed by atoms with E-state index in [1.54, 1.807) is 0 Å². The molecule has 17 heavy (non-hydrogen) atoms. The highest BCUT2D eigenvalue weighted by atomic mass is 31.0. The summed E-state index contributed by atoms with van der Waals surface area (Å²) in [4.78, 5) is 2.67. The van der Waals surface area contributed by atoms with Gasteiger partial charge in [0.2, 0.25) is 0 Å². The van der Waals surface area contributed by atoms with Gasteiger partial charge < -0.3 is 4.90 Å². The lowest BCUT2D eigenvalue weighted by molar-refractivity contribution is 0.196. The molecule has 0 rings (SSSR count). The molecule has 0 radical (unpaired) electrons. The van der Waals surface area contributed by atoms with Crippen LogP contribution in [0.15, 0.2) is 0 Å². The van der Waals surface area contributed by atoms with Crippen molar-refractivity contribution in [3.05, 3.63) is 0 Å². The first-order valence-electron chi connectivity index (χ1n) is 7.70. The fourth-order valence-electron chi connectivity index (χ4n) is 2.42. The third-order valence-electron chi connectivity index (χ3n) is 3.47. The fourth-order valence-corrected chi connectivity index (χ4v) is 2.71. The lowest BCUT2D eigenvalue weighted by Gasteiger charge is -2.28. The molecule has 0 saturated carbocycles. The summed E-state index contributed by atoms with van der Waals surface area (Å²) in [7, 11) is 2.82. The Labute approximate surface area is 112 Å². The highest BCUT2D eigenvalue weighted by Gasteiger charge is 2.11. The molecule has 0 spiro atoms. The predicted octanol–water partition coefficient (Wildman–Crippen LogP) is 4.71. The van der Waals surface area contributed by atoms with Crippen LogP contribution in [0.25, 0.3) is 0 Å². The quantitative estimate of drug-likeness (QED) is 0.362. The first-order valence-corrected chi connectivity index (χ1v) is 8.52. The molecule has 2 atom stereocenters. The smallest absolute Gasteiger partial charge is 0.00669 e. The largest absolute Gasteiger partial charge is 0.301 e. The molecule has 0 heterocycles. The second-order valence-electron chi connectivity index (χ2n) is 5.23. The van der Waals surface area contributed by atoms with Gasteiger partial charge in [0.25, 0.3) is 0 Å². The van der Waals surface area contributed by atoms with Crippen molar-refractivity contribution in [3.8, 4) is 0 Å². The second-order valence-corrected chi connectivity index (χ2v) is 5.81. The summed E-state index contributed by atoms with van der Waals surface area (Å²) < 4.78 is 0. The molecule has 0 aliphatic heterocycles. The van der Waals surface area contributed by atoms with E-state index >= 15 is 0 Å². The molecule has 1 nitrogen and oxygen atoms in total. The average molecular weight is 259 g/mol. The Hall–Kier alpha value is 0.390. The van der Waals surface area contributed by atoms with Crippen LogP contribution in [0.4, 0.5) is 0 Å². The van der Waals surface area contributed by atoms with E-state index in [-0.39, 0.29) is 0 Å². The van der Waals surface area contributed by atoms with Crippen LogP contribution in [-0.2, 0) is 0 Å². The van der Waals surface area contributed by atoms with Gasteiger partial charge in [-0.3, -0.25) is 0 Å². The topological polar surface area (TPSA) is 3.24 Å². The van der Waals surface area contributed by atoms with Gasteiger partial charge in [0, 0.05) is 6.04 Å². The minimum Gasteiger partial charge on any atom is -0.301 e. The van der Waals surface area contributed by atoms with Gasteiger partial charge in [0.05, 0.1) is 0 Å². The fraction of sp³-hybridized carbons (Fsp3) is 1.00. The van der Waals surface area contributed by atoms with Gasteiger partial charge in [0.15, 0.2) is 0 Å². The van der Waals surface area contributed by atoms with Gasteiger partial charge in [-0.1, -0.05) is 39.5 Å². The Morgan fingerprint density at radius 3 is 1.94 bits per heavy atom. The lowest BCUT2D eigenvalue weighted by atomic mass is 10.1. The molecule has 0 aromatic carbocycles. The van der Waals surface area contributed by atoms with Crippen molar-refractivity contribution in [3.63, 3.8) is 0 Å². The van der Waals surface area contributed by atoms with E-state index in [2.05, 4.69) is 34.9 Å². The van der Waals surface area contributed by atoms with Gasteiger partial charge in [-0.25, -0.2) is 0 Å². The Balaban J connectivity index is 3.55. The van der Waals surface area contributed by atoms with Crippen LogP contribution >= 0.6 is 9.24 Å². The molecular formula is C15H34NP. The van der Waals surface area contributed by atoms with E-state index in [0.29, 0.717) is 0 Å². The summed E-state index contributed by atoms with van der Waals surface area (Å²) in [5, 5.41) is 0. The maximum atomic E-state index is 2.82. The van der Waals surface area contributed by atoms with Crippen molar-refractivity contribution in [1.29, 1.82) is 0 Å². The molecule has 0 aromatic heterocycles. The summed E-state index contributed by atoms with van der Waals surface area (Å²) in [6, 6.07) is 0.789. The minimum absolute atomic E-state index is 0.789. The molecule has 0 bridgehead atoms. The minimum atomic E-state index is 0.789. The number of rotatable bonds is 12. The summed E-state index contributed by atoms with van der Waals surface area (Å²) in [6.07, 6.45) is 12.3. The van der Waals surface area contributed by atoms with Crippen LogP contribution in [0, 0.1) is 0 Å². The van der Waals surface area contributed by atoms with E-state index in [1.807, 2.05) is 0 Å². The van der Waals surface area contributed by atoms with E-state index in [4.69, 9.17) is 0 Å². The maximum absolute atomic E-state index is 2.82. The number of unbranched alkanes of at least 4 members (excludes halogenated alkanes) is 4. The van der Waals surface area contributed by atoms with Crippen molar-refractivity contribution in [1.82, 2.24) is 4.90 Å². The average Bonchev–Trinajstić information content (AvgIpc) is 2.33. The standard InChI is InChI=1S/C15H34NP/c1-4-12-16(13-5-2)15(3)11-9-7-6-8-10-14-17/h15H,4-14,17H2,1-3H3. The van der Waals surface area contributed by atoms with Crippen LogP contribution in [0.5, 0.6) is 0 Å². The zero-order valence-electron chi connectivity index (χ0n) is 12.4. The summed E-state index contributed by atoms with van der Waals surface area (Å²) in [6.45, 7) is 9.55. The van der Waals surface area contributed by atoms with Gasteiger partial charge in [-0.05, 0) is 51.9 Å². The molecule has 0 saturated heterocycles. The molecule has 0 aliphatic rings. The van der Waals surface area contributed by atoms with E-state index < -0.39 is 0 Å². The zero-order chi connectivity index (χ0) is 12.9. The van der Waals surface area contributed by atoms with E-state index in [9.17, 15) is 0 Å². The molecular weight excluding hydrogens is 225 g/mol. The number of nitrogens with zero attached hydrogens (tertiary/aromatic N) is 1. The Bertz CT molecular complexity index is 144. The Kier molecular flexibility index (Phi) is 13.1. The normalized spacial score (nSPS) is 13.2. The van der Waals surface area contributed by atoms with Gasteiger partial charge in [-0.15, -0.1) is 9.24 Å². The molecule has 0 fully saturated rings. The third kappa shape index (κ3) is 10.0. The summed E-state index contributed by atoms with van der Waals surface area (Å²) in [5.41, 5.74) is 0. The molecule has 0 amide bonds.